The molecule has 0 saturated carbocycles. The van der Waals surface area contributed by atoms with Crippen molar-refractivity contribution in [3.63, 3.8) is 0 Å². The van der Waals surface area contributed by atoms with E-state index in [1.54, 1.807) is 24.3 Å². The minimum absolute atomic E-state index is 0.636. The van der Waals surface area contributed by atoms with E-state index >= 15 is 0 Å². The number of rotatable bonds is 3. The van der Waals surface area contributed by atoms with Gasteiger partial charge in [-0.25, -0.2) is 0 Å². The molecule has 0 atom stereocenters. The maximum absolute atomic E-state index is 9.40. The lowest BCUT2D eigenvalue weighted by Crippen LogP contribution is -2.00. The molecular weight excluding hydrogens is 188 g/mol. The van der Waals surface area contributed by atoms with Gasteiger partial charge in [0.25, 0.3) is 0 Å². The van der Waals surface area contributed by atoms with Gasteiger partial charge in [-0.15, -0.1) is 0 Å². The summed E-state index contributed by atoms with van der Waals surface area (Å²) >= 11 is 6.44. The Morgan fingerprint density at radius 1 is 1.27 bits per heavy atom. The van der Waals surface area contributed by atoms with Gasteiger partial charge in [-0.2, -0.15) is 4.33 Å². The molecule has 1 rings (SSSR count). The van der Waals surface area contributed by atoms with Gasteiger partial charge in [-0.1, -0.05) is 11.6 Å². The van der Waals surface area contributed by atoms with Crippen molar-refractivity contribution in [2.75, 3.05) is 0 Å². The summed E-state index contributed by atoms with van der Waals surface area (Å²) in [5.41, 5.74) is 0. The SMILES string of the molecule is [O-]OOSc1ccc(Cl)cc1. The molecule has 60 valence electrons. The first-order valence-corrected chi connectivity index (χ1v) is 3.83. The lowest BCUT2D eigenvalue weighted by atomic mass is 10.4. The molecule has 1 aromatic carbocycles. The average Bonchev–Trinajstić information content (AvgIpc) is 2.04. The molecule has 0 fully saturated rings. The van der Waals surface area contributed by atoms with Gasteiger partial charge in [0.15, 0.2) is 0 Å². The Labute approximate surface area is 72.9 Å². The first-order chi connectivity index (χ1) is 5.33. The summed E-state index contributed by atoms with van der Waals surface area (Å²) < 4.78 is 4.08. The fourth-order valence-corrected chi connectivity index (χ4v) is 1.02. The van der Waals surface area contributed by atoms with Crippen LogP contribution in [0.1, 0.15) is 0 Å². The van der Waals surface area contributed by atoms with Crippen molar-refractivity contribution in [3.8, 4) is 0 Å². The predicted molar refractivity (Wildman–Crippen MR) is 39.5 cm³/mol. The predicted octanol–water partition coefficient (Wildman–Crippen LogP) is 1.57. The van der Waals surface area contributed by atoms with Crippen molar-refractivity contribution in [1.29, 1.82) is 0 Å². The monoisotopic (exact) mass is 191 g/mol. The quantitative estimate of drug-likeness (QED) is 0.413. The summed E-state index contributed by atoms with van der Waals surface area (Å²) in [7, 11) is 0. The lowest BCUT2D eigenvalue weighted by Gasteiger charge is -2.02. The van der Waals surface area contributed by atoms with E-state index in [1.165, 1.54) is 0 Å². The second kappa shape index (κ2) is 4.58. The highest BCUT2D eigenvalue weighted by atomic mass is 35.5. The van der Waals surface area contributed by atoms with E-state index in [-0.39, 0.29) is 0 Å². The minimum Gasteiger partial charge on any atom is -0.691 e. The molecule has 0 aliphatic carbocycles. The van der Waals surface area contributed by atoms with Gasteiger partial charge in [-0.3, -0.25) is 5.04 Å². The largest absolute Gasteiger partial charge is 0.691 e. The van der Waals surface area contributed by atoms with Crippen molar-refractivity contribution in [2.24, 2.45) is 0 Å². The Kier molecular flexibility index (Phi) is 3.68. The van der Waals surface area contributed by atoms with Crippen molar-refractivity contribution in [3.05, 3.63) is 29.3 Å². The fourth-order valence-electron chi connectivity index (χ4n) is 0.543. The van der Waals surface area contributed by atoms with Crippen molar-refractivity contribution < 1.29 is 14.6 Å². The molecule has 0 heterocycles. The first-order valence-electron chi connectivity index (χ1n) is 2.71. The van der Waals surface area contributed by atoms with Crippen LogP contribution >= 0.6 is 23.6 Å². The van der Waals surface area contributed by atoms with Crippen LogP contribution < -0.4 is 5.26 Å². The molecule has 0 radical (unpaired) electrons. The maximum atomic E-state index is 9.40. The molecule has 5 heteroatoms. The number of benzene rings is 1. The molecule has 3 nitrogen and oxygen atoms in total. The average molecular weight is 192 g/mol. The van der Waals surface area contributed by atoms with Crippen molar-refractivity contribution >= 4 is 23.6 Å². The highest BCUT2D eigenvalue weighted by molar-refractivity contribution is 7.94. The first kappa shape index (κ1) is 8.83. The highest BCUT2D eigenvalue weighted by Crippen LogP contribution is 2.20. The zero-order valence-corrected chi connectivity index (χ0v) is 6.89. The van der Waals surface area contributed by atoms with Crippen LogP contribution in [0.5, 0.6) is 0 Å². The molecule has 0 bridgehead atoms. The number of hydrogen-bond acceptors (Lipinski definition) is 4. The van der Waals surface area contributed by atoms with Gasteiger partial charge in [0.2, 0.25) is 0 Å². The summed E-state index contributed by atoms with van der Waals surface area (Å²) in [6, 6.07) is 6.81. The van der Waals surface area contributed by atoms with Crippen LogP contribution in [0.25, 0.3) is 0 Å². The summed E-state index contributed by atoms with van der Waals surface area (Å²) in [5.74, 6) is 0. The van der Waals surface area contributed by atoms with E-state index in [9.17, 15) is 5.26 Å². The summed E-state index contributed by atoms with van der Waals surface area (Å²) in [6.07, 6.45) is 0. The Bertz CT molecular complexity index is 214. The molecule has 0 amide bonds. The van der Waals surface area contributed by atoms with Gasteiger partial charge in [0, 0.05) is 9.92 Å². The third kappa shape index (κ3) is 3.09. The zero-order valence-electron chi connectivity index (χ0n) is 5.32. The zero-order chi connectivity index (χ0) is 8.10. The molecule has 0 aliphatic heterocycles. The summed E-state index contributed by atoms with van der Waals surface area (Å²) in [6.45, 7) is 0. The number of hydrogen-bond donors (Lipinski definition) is 0. The molecule has 11 heavy (non-hydrogen) atoms. The van der Waals surface area contributed by atoms with Crippen molar-refractivity contribution in [2.45, 2.75) is 4.90 Å². The smallest absolute Gasteiger partial charge is 0.0674 e. The van der Waals surface area contributed by atoms with Crippen molar-refractivity contribution in [1.82, 2.24) is 0 Å². The molecule has 0 N–H and O–H groups in total. The van der Waals surface area contributed by atoms with Crippen LogP contribution in [-0.4, -0.2) is 0 Å². The standard InChI is InChI=1S/C6H5ClO3S/c7-5-1-3-6(4-2-5)11-10-9-8/h1-4,8H/p-1. The van der Waals surface area contributed by atoms with Crippen LogP contribution in [-0.2, 0) is 9.37 Å². The minimum atomic E-state index is 0.636. The maximum Gasteiger partial charge on any atom is 0.0674 e. The van der Waals surface area contributed by atoms with E-state index in [4.69, 9.17) is 11.6 Å². The molecule has 1 aromatic rings. The van der Waals surface area contributed by atoms with Crippen LogP contribution in [0.4, 0.5) is 0 Å². The molecule has 0 unspecified atom stereocenters. The van der Waals surface area contributed by atoms with E-state index in [1.807, 2.05) is 0 Å². The number of halogens is 1. The lowest BCUT2D eigenvalue weighted by molar-refractivity contribution is -0.777. The second-order valence-electron chi connectivity index (χ2n) is 1.67. The molecule has 0 spiro atoms. The summed E-state index contributed by atoms with van der Waals surface area (Å²) in [5, 5.41) is 13.2. The van der Waals surface area contributed by atoms with Gasteiger partial charge >= 0.3 is 0 Å². The highest BCUT2D eigenvalue weighted by Gasteiger charge is 1.92. The second-order valence-corrected chi connectivity index (χ2v) is 2.88. The molecule has 0 aliphatic rings. The molecule has 0 saturated heterocycles. The van der Waals surface area contributed by atoms with Gasteiger partial charge in [0.05, 0.1) is 12.0 Å². The molecular formula is C6H4ClO3S-. The third-order valence-corrected chi connectivity index (χ3v) is 1.81. The van der Waals surface area contributed by atoms with Crippen LogP contribution in [0.15, 0.2) is 29.2 Å². The normalized spacial score (nSPS) is 10.0. The molecule has 0 aromatic heterocycles. The van der Waals surface area contributed by atoms with Gasteiger partial charge < -0.3 is 5.26 Å². The van der Waals surface area contributed by atoms with Crippen LogP contribution in [0, 0.1) is 0 Å². The Balaban J connectivity index is 2.52. The van der Waals surface area contributed by atoms with E-state index < -0.39 is 0 Å². The van der Waals surface area contributed by atoms with Crippen LogP contribution in [0.2, 0.25) is 5.02 Å². The fraction of sp³-hybridized carbons (Fsp3) is 0. The van der Waals surface area contributed by atoms with Gasteiger partial charge in [0.1, 0.15) is 0 Å². The van der Waals surface area contributed by atoms with Crippen LogP contribution in [0.3, 0.4) is 0 Å². The Morgan fingerprint density at radius 3 is 2.45 bits per heavy atom. The third-order valence-electron chi connectivity index (χ3n) is 0.972. The summed E-state index contributed by atoms with van der Waals surface area (Å²) in [4.78, 5) is 0.755. The Hall–Kier alpha value is -0.260. The topological polar surface area (TPSA) is 41.5 Å². The van der Waals surface area contributed by atoms with E-state index in [2.05, 4.69) is 9.37 Å². The Morgan fingerprint density at radius 2 is 1.91 bits per heavy atom. The van der Waals surface area contributed by atoms with Gasteiger partial charge in [-0.05, 0) is 24.3 Å². The van der Waals surface area contributed by atoms with E-state index in [0.717, 1.165) is 16.9 Å². The van der Waals surface area contributed by atoms with E-state index in [0.29, 0.717) is 5.02 Å².